The van der Waals surface area contributed by atoms with Gasteiger partial charge >= 0.3 is 0 Å². The van der Waals surface area contributed by atoms with Crippen molar-refractivity contribution in [1.29, 1.82) is 0 Å². The van der Waals surface area contributed by atoms with Gasteiger partial charge in [-0.25, -0.2) is 0 Å². The molecule has 1 fully saturated rings. The van der Waals surface area contributed by atoms with Crippen LogP contribution in [0.4, 0.5) is 5.69 Å². The molecule has 0 spiro atoms. The summed E-state index contributed by atoms with van der Waals surface area (Å²) in [5.74, 6) is 0.696. The van der Waals surface area contributed by atoms with Crippen LogP contribution in [0.15, 0.2) is 53.4 Å². The van der Waals surface area contributed by atoms with Crippen molar-refractivity contribution in [3.05, 3.63) is 54.1 Å². The Kier molecular flexibility index (Phi) is 6.09. The van der Waals surface area contributed by atoms with Crippen LogP contribution in [0.5, 0.6) is 5.75 Å². The minimum absolute atomic E-state index is 0.00236. The van der Waals surface area contributed by atoms with E-state index in [9.17, 15) is 9.59 Å². The smallest absolute Gasteiger partial charge is 0.240 e. The zero-order chi connectivity index (χ0) is 20.2. The van der Waals surface area contributed by atoms with Crippen LogP contribution in [0.2, 0.25) is 0 Å². The summed E-state index contributed by atoms with van der Waals surface area (Å²) in [5, 5.41) is 3.10. The Morgan fingerprint density at radius 1 is 1.14 bits per heavy atom. The number of rotatable bonds is 5. The number of anilines is 1. The summed E-state index contributed by atoms with van der Waals surface area (Å²) in [6, 6.07) is 16.0. The number of hydrogen-bond acceptors (Lipinski definition) is 4. The Bertz CT molecular complexity index is 878. The second-order valence-corrected chi connectivity index (χ2v) is 8.82. The predicted octanol–water partition coefficient (Wildman–Crippen LogP) is 4.32. The Hall–Kier alpha value is -2.47. The number of carbonyl (C=O) groups excluding carboxylic acids is 2. The highest BCUT2D eigenvalue weighted by Gasteiger charge is 2.31. The van der Waals surface area contributed by atoms with Crippen LogP contribution in [-0.4, -0.2) is 31.5 Å². The number of benzene rings is 2. The molecule has 2 amide bonds. The lowest BCUT2D eigenvalue weighted by Crippen LogP contribution is -2.43. The molecule has 1 aliphatic heterocycles. The third kappa shape index (κ3) is 4.58. The Morgan fingerprint density at radius 3 is 2.59 bits per heavy atom. The van der Waals surface area contributed by atoms with Crippen molar-refractivity contribution in [1.82, 2.24) is 5.32 Å². The summed E-state index contributed by atoms with van der Waals surface area (Å²) in [7, 11) is 1.64. The number of carbonyl (C=O) groups is 2. The highest BCUT2D eigenvalue weighted by Crippen LogP contribution is 2.45. The number of thioether (sulfide) groups is 1. The maximum Gasteiger partial charge on any atom is 0.240 e. The van der Waals surface area contributed by atoms with Crippen molar-refractivity contribution >= 4 is 29.3 Å². The fourth-order valence-electron chi connectivity index (χ4n) is 4.04. The third-order valence-electron chi connectivity index (χ3n) is 5.60. The van der Waals surface area contributed by atoms with Gasteiger partial charge < -0.3 is 15.0 Å². The Balaban J connectivity index is 1.55. The van der Waals surface area contributed by atoms with Crippen LogP contribution in [-0.2, 0) is 9.59 Å². The van der Waals surface area contributed by atoms with Gasteiger partial charge in [-0.2, -0.15) is 0 Å². The predicted molar refractivity (Wildman–Crippen MR) is 115 cm³/mol. The van der Waals surface area contributed by atoms with E-state index in [1.54, 1.807) is 23.8 Å². The van der Waals surface area contributed by atoms with Gasteiger partial charge in [0.15, 0.2) is 0 Å². The van der Waals surface area contributed by atoms with Gasteiger partial charge in [0.2, 0.25) is 11.8 Å². The molecule has 0 radical (unpaired) electrons. The normalized spacial score (nSPS) is 19.6. The highest BCUT2D eigenvalue weighted by atomic mass is 32.2. The van der Waals surface area contributed by atoms with Crippen molar-refractivity contribution in [3.8, 4) is 5.75 Å². The lowest BCUT2D eigenvalue weighted by molar-refractivity contribution is -0.124. The topological polar surface area (TPSA) is 58.6 Å². The molecule has 6 heteroatoms. The zero-order valence-electron chi connectivity index (χ0n) is 16.6. The summed E-state index contributed by atoms with van der Waals surface area (Å²) in [6.45, 7) is 0.0717. The molecule has 2 aromatic carbocycles. The van der Waals surface area contributed by atoms with E-state index in [0.29, 0.717) is 6.42 Å². The molecule has 29 heavy (non-hydrogen) atoms. The molecular formula is C23H26N2O3S. The standard InChI is InChI=1S/C23H26N2O3S/c1-28-18-12-10-16(11-13-18)21-14-23(27)25(19-8-4-5-9-20(19)29-21)15-22(26)24-17-6-2-3-7-17/h4-5,8-13,17,21H,2-3,6-7,14-15H2,1H3,(H,24,26)/t21-/m0/s1. The lowest BCUT2D eigenvalue weighted by atomic mass is 10.1. The van der Waals surface area contributed by atoms with E-state index in [1.165, 1.54) is 0 Å². The molecule has 1 saturated carbocycles. The highest BCUT2D eigenvalue weighted by molar-refractivity contribution is 7.99. The van der Waals surface area contributed by atoms with Gasteiger partial charge in [0.25, 0.3) is 0 Å². The third-order valence-corrected chi connectivity index (χ3v) is 6.92. The molecule has 0 saturated heterocycles. The monoisotopic (exact) mass is 410 g/mol. The molecule has 4 rings (SSSR count). The van der Waals surface area contributed by atoms with Crippen LogP contribution >= 0.6 is 11.8 Å². The van der Waals surface area contributed by atoms with Crippen molar-refractivity contribution in [2.24, 2.45) is 0 Å². The van der Waals surface area contributed by atoms with E-state index < -0.39 is 0 Å². The number of methoxy groups -OCH3 is 1. The number of nitrogens with one attached hydrogen (secondary N) is 1. The SMILES string of the molecule is COc1ccc([C@@H]2CC(=O)N(CC(=O)NC3CCCC3)c3ccccc3S2)cc1. The summed E-state index contributed by atoms with van der Waals surface area (Å²) in [6.07, 6.45) is 4.74. The van der Waals surface area contributed by atoms with E-state index in [1.807, 2.05) is 48.5 Å². The number of amides is 2. The zero-order valence-corrected chi connectivity index (χ0v) is 17.4. The van der Waals surface area contributed by atoms with Gasteiger partial charge in [0, 0.05) is 22.6 Å². The van der Waals surface area contributed by atoms with E-state index >= 15 is 0 Å². The van der Waals surface area contributed by atoms with Crippen LogP contribution in [0.25, 0.3) is 0 Å². The molecule has 152 valence electrons. The molecular weight excluding hydrogens is 384 g/mol. The molecule has 1 N–H and O–H groups in total. The van der Waals surface area contributed by atoms with Crippen LogP contribution in [0.3, 0.4) is 0 Å². The van der Waals surface area contributed by atoms with Crippen molar-refractivity contribution in [2.45, 2.75) is 48.3 Å². The maximum atomic E-state index is 13.2. The van der Waals surface area contributed by atoms with Crippen molar-refractivity contribution in [3.63, 3.8) is 0 Å². The summed E-state index contributed by atoms with van der Waals surface area (Å²) < 4.78 is 5.25. The molecule has 2 aliphatic rings. The summed E-state index contributed by atoms with van der Waals surface area (Å²) >= 11 is 1.68. The van der Waals surface area contributed by atoms with E-state index in [-0.39, 0.29) is 29.7 Å². The Morgan fingerprint density at radius 2 is 1.86 bits per heavy atom. The second kappa shape index (κ2) is 8.91. The first-order chi connectivity index (χ1) is 14.1. The number of ether oxygens (including phenoxy) is 1. The van der Waals surface area contributed by atoms with Crippen LogP contribution in [0.1, 0.15) is 42.9 Å². The molecule has 1 heterocycles. The van der Waals surface area contributed by atoms with Gasteiger partial charge in [-0.3, -0.25) is 9.59 Å². The molecule has 0 aromatic heterocycles. The van der Waals surface area contributed by atoms with Crippen LogP contribution in [0, 0.1) is 0 Å². The van der Waals surface area contributed by atoms with E-state index in [2.05, 4.69) is 5.32 Å². The number of fused-ring (bicyclic) bond motifs is 1. The van der Waals surface area contributed by atoms with Crippen molar-refractivity contribution < 1.29 is 14.3 Å². The molecule has 0 bridgehead atoms. The minimum atomic E-state index is -0.0760. The fraction of sp³-hybridized carbons (Fsp3) is 0.391. The van der Waals surface area contributed by atoms with Gasteiger partial charge in [0.05, 0.1) is 12.8 Å². The molecule has 1 aliphatic carbocycles. The molecule has 2 aromatic rings. The molecule has 0 unspecified atom stereocenters. The fourth-order valence-corrected chi connectivity index (χ4v) is 5.32. The first kappa shape index (κ1) is 19.8. The second-order valence-electron chi connectivity index (χ2n) is 7.58. The van der Waals surface area contributed by atoms with Gasteiger partial charge in [-0.1, -0.05) is 37.1 Å². The number of hydrogen-bond donors (Lipinski definition) is 1. The Labute approximate surface area is 175 Å². The molecule has 1 atom stereocenters. The average molecular weight is 411 g/mol. The average Bonchev–Trinajstić information content (AvgIpc) is 3.20. The number of para-hydroxylation sites is 1. The largest absolute Gasteiger partial charge is 0.497 e. The van der Waals surface area contributed by atoms with E-state index in [0.717, 1.165) is 47.6 Å². The van der Waals surface area contributed by atoms with Gasteiger partial charge in [-0.05, 0) is 42.7 Å². The quantitative estimate of drug-likeness (QED) is 0.797. The maximum absolute atomic E-state index is 13.2. The van der Waals surface area contributed by atoms with Crippen LogP contribution < -0.4 is 15.0 Å². The lowest BCUT2D eigenvalue weighted by Gasteiger charge is -2.23. The first-order valence-corrected chi connectivity index (χ1v) is 11.0. The van der Waals surface area contributed by atoms with Gasteiger partial charge in [-0.15, -0.1) is 11.8 Å². The minimum Gasteiger partial charge on any atom is -0.497 e. The van der Waals surface area contributed by atoms with E-state index in [4.69, 9.17) is 4.74 Å². The summed E-state index contributed by atoms with van der Waals surface area (Å²) in [5.41, 5.74) is 1.90. The van der Waals surface area contributed by atoms with Crippen molar-refractivity contribution in [2.75, 3.05) is 18.6 Å². The number of nitrogens with zero attached hydrogens (tertiary/aromatic N) is 1. The summed E-state index contributed by atoms with van der Waals surface area (Å²) in [4.78, 5) is 28.5. The van der Waals surface area contributed by atoms with Gasteiger partial charge in [0.1, 0.15) is 12.3 Å². The first-order valence-electron chi connectivity index (χ1n) is 10.1. The molecule has 5 nitrogen and oxygen atoms in total.